The predicted molar refractivity (Wildman–Crippen MR) is 109 cm³/mol. The summed E-state index contributed by atoms with van der Waals surface area (Å²) in [5, 5.41) is 0. The van der Waals surface area contributed by atoms with Gasteiger partial charge in [0.05, 0.1) is 13.1 Å². The summed E-state index contributed by atoms with van der Waals surface area (Å²) in [6, 6.07) is -0.213. The average Bonchev–Trinajstić information content (AvgIpc) is 3.13. The maximum absolute atomic E-state index is 13.2. The first-order valence-electron chi connectivity index (χ1n) is 10.8. The Morgan fingerprint density at radius 3 is 1.69 bits per heavy atom. The van der Waals surface area contributed by atoms with E-state index >= 15 is 0 Å². The Kier molecular flexibility index (Phi) is 9.03. The Morgan fingerprint density at radius 1 is 0.828 bits per heavy atom. The molecule has 170 valence electrons. The van der Waals surface area contributed by atoms with E-state index in [1.165, 1.54) is 4.90 Å². The van der Waals surface area contributed by atoms with E-state index in [4.69, 9.17) is 0 Å². The SMILES string of the molecule is CC(C)C(=O)N1CC(F)(F)C[C@H]1C(C)C.CC(C)C(=O)N1CC(F)C[C@H]1C(C)C. The third-order valence-electron chi connectivity index (χ3n) is 5.70. The number of likely N-dealkylation sites (tertiary alicyclic amines) is 2. The van der Waals surface area contributed by atoms with Crippen LogP contribution in [0.2, 0.25) is 0 Å². The van der Waals surface area contributed by atoms with Gasteiger partial charge in [-0.25, -0.2) is 13.2 Å². The molecule has 2 aliphatic rings. The van der Waals surface area contributed by atoms with Crippen molar-refractivity contribution in [3.05, 3.63) is 0 Å². The summed E-state index contributed by atoms with van der Waals surface area (Å²) >= 11 is 0. The third-order valence-corrected chi connectivity index (χ3v) is 5.70. The maximum atomic E-state index is 13.2. The first-order valence-corrected chi connectivity index (χ1v) is 10.8. The Bertz CT molecular complexity index is 564. The van der Waals surface area contributed by atoms with Gasteiger partial charge in [-0.05, 0) is 11.8 Å². The van der Waals surface area contributed by atoms with Gasteiger partial charge in [0.25, 0.3) is 5.92 Å². The van der Waals surface area contributed by atoms with Gasteiger partial charge in [0.1, 0.15) is 6.17 Å². The smallest absolute Gasteiger partial charge is 0.267 e. The number of rotatable bonds is 4. The second-order valence-electron chi connectivity index (χ2n) is 9.78. The molecule has 0 aliphatic carbocycles. The lowest BCUT2D eigenvalue weighted by molar-refractivity contribution is -0.137. The molecule has 7 heteroatoms. The van der Waals surface area contributed by atoms with Gasteiger partial charge in [0.15, 0.2) is 0 Å². The van der Waals surface area contributed by atoms with E-state index in [-0.39, 0.29) is 48.1 Å². The molecule has 4 nitrogen and oxygen atoms in total. The minimum Gasteiger partial charge on any atom is -0.336 e. The molecule has 0 N–H and O–H groups in total. The second kappa shape index (κ2) is 10.2. The quantitative estimate of drug-likeness (QED) is 0.657. The zero-order chi connectivity index (χ0) is 22.7. The third kappa shape index (κ3) is 6.88. The molecular weight excluding hydrogens is 381 g/mol. The van der Waals surface area contributed by atoms with Crippen LogP contribution < -0.4 is 0 Å². The lowest BCUT2D eigenvalue weighted by Crippen LogP contribution is -2.41. The van der Waals surface area contributed by atoms with Crippen molar-refractivity contribution in [3.63, 3.8) is 0 Å². The molecule has 2 aliphatic heterocycles. The van der Waals surface area contributed by atoms with Crippen molar-refractivity contribution in [2.24, 2.45) is 23.7 Å². The summed E-state index contributed by atoms with van der Waals surface area (Å²) < 4.78 is 39.7. The van der Waals surface area contributed by atoms with Gasteiger partial charge in [0, 0.05) is 36.8 Å². The van der Waals surface area contributed by atoms with E-state index in [9.17, 15) is 22.8 Å². The van der Waals surface area contributed by atoms with Crippen molar-refractivity contribution in [2.45, 2.75) is 92.4 Å². The molecule has 0 radical (unpaired) electrons. The minimum atomic E-state index is -2.71. The molecule has 0 saturated carbocycles. The Hall–Kier alpha value is -1.27. The van der Waals surface area contributed by atoms with Crippen molar-refractivity contribution in [1.82, 2.24) is 9.80 Å². The number of nitrogens with zero attached hydrogens (tertiary/aromatic N) is 2. The fourth-order valence-electron chi connectivity index (χ4n) is 4.05. The predicted octanol–water partition coefficient (Wildman–Crippen LogP) is 4.77. The zero-order valence-corrected chi connectivity index (χ0v) is 19.2. The van der Waals surface area contributed by atoms with Gasteiger partial charge in [-0.3, -0.25) is 9.59 Å². The van der Waals surface area contributed by atoms with Gasteiger partial charge >= 0.3 is 0 Å². The highest BCUT2D eigenvalue weighted by Crippen LogP contribution is 2.36. The summed E-state index contributed by atoms with van der Waals surface area (Å²) in [7, 11) is 0. The molecule has 2 amide bonds. The lowest BCUT2D eigenvalue weighted by atomic mass is 10.0. The van der Waals surface area contributed by atoms with Crippen LogP contribution in [-0.4, -0.2) is 58.9 Å². The van der Waals surface area contributed by atoms with Gasteiger partial charge in [-0.2, -0.15) is 0 Å². The summed E-state index contributed by atoms with van der Waals surface area (Å²) in [5.74, 6) is -2.59. The molecule has 0 spiro atoms. The Labute approximate surface area is 174 Å². The Morgan fingerprint density at radius 2 is 1.28 bits per heavy atom. The summed E-state index contributed by atoms with van der Waals surface area (Å²) in [4.78, 5) is 26.6. The van der Waals surface area contributed by atoms with Crippen molar-refractivity contribution < 1.29 is 22.8 Å². The zero-order valence-electron chi connectivity index (χ0n) is 19.2. The summed E-state index contributed by atoms with van der Waals surface area (Å²) in [5.41, 5.74) is 0. The van der Waals surface area contributed by atoms with Crippen molar-refractivity contribution >= 4 is 11.8 Å². The van der Waals surface area contributed by atoms with Crippen LogP contribution in [-0.2, 0) is 9.59 Å². The molecule has 2 saturated heterocycles. The van der Waals surface area contributed by atoms with Crippen LogP contribution in [0.25, 0.3) is 0 Å². The molecule has 29 heavy (non-hydrogen) atoms. The molecule has 0 bridgehead atoms. The topological polar surface area (TPSA) is 40.6 Å². The number of hydrogen-bond donors (Lipinski definition) is 0. The van der Waals surface area contributed by atoms with Crippen LogP contribution in [0.1, 0.15) is 68.2 Å². The average molecular weight is 421 g/mol. The molecule has 2 heterocycles. The van der Waals surface area contributed by atoms with E-state index in [1.54, 1.807) is 18.7 Å². The minimum absolute atomic E-state index is 0.0263. The van der Waals surface area contributed by atoms with Crippen LogP contribution in [0.15, 0.2) is 0 Å². The van der Waals surface area contributed by atoms with Crippen molar-refractivity contribution in [1.29, 1.82) is 0 Å². The second-order valence-corrected chi connectivity index (χ2v) is 9.78. The fourth-order valence-corrected chi connectivity index (χ4v) is 4.05. The highest BCUT2D eigenvalue weighted by molar-refractivity contribution is 5.79. The first-order chi connectivity index (χ1) is 13.2. The van der Waals surface area contributed by atoms with Crippen LogP contribution in [0.3, 0.4) is 0 Å². The first kappa shape index (κ1) is 25.8. The van der Waals surface area contributed by atoms with Crippen LogP contribution in [0.5, 0.6) is 0 Å². The highest BCUT2D eigenvalue weighted by atomic mass is 19.3. The van der Waals surface area contributed by atoms with E-state index in [1.807, 2.05) is 41.5 Å². The van der Waals surface area contributed by atoms with E-state index < -0.39 is 18.6 Å². The van der Waals surface area contributed by atoms with Gasteiger partial charge < -0.3 is 9.80 Å². The fraction of sp³-hybridized carbons (Fsp3) is 0.909. The normalized spacial score (nSPS) is 26.5. The Balaban J connectivity index is 0.000000291. The molecule has 1 unspecified atom stereocenters. The van der Waals surface area contributed by atoms with E-state index in [2.05, 4.69) is 0 Å². The van der Waals surface area contributed by atoms with Crippen molar-refractivity contribution in [2.75, 3.05) is 13.1 Å². The van der Waals surface area contributed by atoms with E-state index in [0.717, 1.165) is 0 Å². The largest absolute Gasteiger partial charge is 0.336 e. The number of amides is 2. The molecule has 0 aromatic heterocycles. The molecule has 3 atom stereocenters. The molecule has 2 fully saturated rings. The van der Waals surface area contributed by atoms with Gasteiger partial charge in [0.2, 0.25) is 11.8 Å². The van der Waals surface area contributed by atoms with Gasteiger partial charge in [-0.1, -0.05) is 55.4 Å². The molecular formula is C22H39F3N2O2. The van der Waals surface area contributed by atoms with Crippen LogP contribution in [0.4, 0.5) is 13.2 Å². The summed E-state index contributed by atoms with van der Waals surface area (Å²) in [6.45, 7) is 15.0. The van der Waals surface area contributed by atoms with Crippen molar-refractivity contribution in [3.8, 4) is 0 Å². The number of halogens is 3. The van der Waals surface area contributed by atoms with E-state index in [0.29, 0.717) is 18.9 Å². The number of carbonyl (C=O) groups excluding carboxylic acids is 2. The van der Waals surface area contributed by atoms with Crippen LogP contribution >= 0.6 is 0 Å². The lowest BCUT2D eigenvalue weighted by Gasteiger charge is -2.28. The maximum Gasteiger partial charge on any atom is 0.267 e. The molecule has 0 aromatic carbocycles. The number of carbonyl (C=O) groups is 2. The summed E-state index contributed by atoms with van der Waals surface area (Å²) in [6.07, 6.45) is -0.510. The molecule has 2 rings (SSSR count). The monoisotopic (exact) mass is 420 g/mol. The number of hydrogen-bond acceptors (Lipinski definition) is 2. The standard InChI is InChI=1S/C11H19F2NO.C11H20FNO/c1-7(2)9-5-11(12,13)6-14(9)10(15)8(3)4;1-7(2)10-5-9(12)6-13(10)11(14)8(3)4/h7-9H,5-6H2,1-4H3;7-10H,5-6H2,1-4H3/t9-;9?,10-/m00/s1. The highest BCUT2D eigenvalue weighted by Gasteiger charge is 2.48. The van der Waals surface area contributed by atoms with Gasteiger partial charge in [-0.15, -0.1) is 0 Å². The molecule has 0 aromatic rings. The number of alkyl halides is 3. The van der Waals surface area contributed by atoms with Crippen LogP contribution in [0, 0.1) is 23.7 Å².